The fraction of sp³-hybridized carbons (Fsp3) is 0.333. The lowest BCUT2D eigenvalue weighted by Crippen LogP contribution is -2.02. The molecule has 0 saturated heterocycles. The van der Waals surface area contributed by atoms with Crippen molar-refractivity contribution in [1.29, 1.82) is 0 Å². The van der Waals surface area contributed by atoms with Crippen molar-refractivity contribution in [1.82, 2.24) is 19.9 Å². The Morgan fingerprint density at radius 3 is 2.42 bits per heavy atom. The molecule has 0 aliphatic carbocycles. The lowest BCUT2D eigenvalue weighted by atomic mass is 10.4. The molecule has 6 nitrogen and oxygen atoms in total. The highest BCUT2D eigenvalue weighted by molar-refractivity contribution is 7.99. The van der Waals surface area contributed by atoms with Crippen molar-refractivity contribution in [2.75, 3.05) is 12.8 Å². The average Bonchev–Trinajstić information content (AvgIpc) is 2.26. The Labute approximate surface area is 115 Å². The van der Waals surface area contributed by atoms with E-state index in [1.807, 2.05) is 19.9 Å². The van der Waals surface area contributed by atoms with Gasteiger partial charge in [0.05, 0.1) is 0 Å². The van der Waals surface area contributed by atoms with Crippen molar-refractivity contribution >= 4 is 17.6 Å². The Bertz CT molecular complexity index is 570. The van der Waals surface area contributed by atoms with Crippen LogP contribution in [-0.4, -0.2) is 27.0 Å². The van der Waals surface area contributed by atoms with Crippen LogP contribution in [0.5, 0.6) is 0 Å². The Morgan fingerprint density at radius 1 is 1.11 bits per heavy atom. The monoisotopic (exact) mass is 277 g/mol. The Kier molecular flexibility index (Phi) is 4.28. The molecule has 0 saturated carbocycles. The van der Waals surface area contributed by atoms with Crippen LogP contribution >= 0.6 is 11.8 Å². The van der Waals surface area contributed by atoms with E-state index in [4.69, 9.17) is 10.5 Å². The quantitative estimate of drug-likeness (QED) is 0.673. The number of hydrogen-bond acceptors (Lipinski definition) is 7. The molecule has 0 fully saturated rings. The van der Waals surface area contributed by atoms with E-state index in [1.165, 1.54) is 11.8 Å². The zero-order chi connectivity index (χ0) is 13.8. The van der Waals surface area contributed by atoms with Crippen LogP contribution in [0.3, 0.4) is 0 Å². The standard InChI is InChI=1S/C12H15N5OS/c1-7-4-8(2)15-12(14-7)19-11-5-9(13)16-10(17-11)6-18-3/h4-5H,6H2,1-3H3,(H2,13,16,17). The second kappa shape index (κ2) is 5.94. The minimum atomic E-state index is 0.326. The van der Waals surface area contributed by atoms with Crippen molar-refractivity contribution in [2.24, 2.45) is 0 Å². The third-order valence-corrected chi connectivity index (χ3v) is 2.98. The maximum absolute atomic E-state index is 5.74. The number of ether oxygens (including phenoxy) is 1. The summed E-state index contributed by atoms with van der Waals surface area (Å²) >= 11 is 1.36. The molecule has 0 aliphatic heterocycles. The molecule has 2 N–H and O–H groups in total. The van der Waals surface area contributed by atoms with Gasteiger partial charge in [0.15, 0.2) is 11.0 Å². The third kappa shape index (κ3) is 3.87. The highest BCUT2D eigenvalue weighted by Crippen LogP contribution is 2.24. The fourth-order valence-corrected chi connectivity index (χ4v) is 2.47. The van der Waals surface area contributed by atoms with Crippen molar-refractivity contribution in [3.63, 3.8) is 0 Å². The van der Waals surface area contributed by atoms with Crippen LogP contribution in [0.1, 0.15) is 17.2 Å². The second-order valence-electron chi connectivity index (χ2n) is 4.02. The molecule has 0 radical (unpaired) electrons. The van der Waals surface area contributed by atoms with Gasteiger partial charge in [0.1, 0.15) is 17.5 Å². The number of hydrogen-bond donors (Lipinski definition) is 1. The van der Waals surface area contributed by atoms with Gasteiger partial charge in [-0.3, -0.25) is 0 Å². The van der Waals surface area contributed by atoms with E-state index in [2.05, 4.69) is 19.9 Å². The first-order valence-corrected chi connectivity index (χ1v) is 6.51. The molecular weight excluding hydrogens is 262 g/mol. The lowest BCUT2D eigenvalue weighted by Gasteiger charge is -2.05. The SMILES string of the molecule is COCc1nc(N)cc(Sc2nc(C)cc(C)n2)n1. The molecule has 0 spiro atoms. The molecule has 2 aromatic heterocycles. The van der Waals surface area contributed by atoms with Crippen LogP contribution in [0.15, 0.2) is 22.3 Å². The number of nitrogens with two attached hydrogens (primary N) is 1. The minimum Gasteiger partial charge on any atom is -0.384 e. The van der Waals surface area contributed by atoms with Gasteiger partial charge in [0.2, 0.25) is 0 Å². The van der Waals surface area contributed by atoms with E-state index >= 15 is 0 Å². The first-order chi connectivity index (χ1) is 9.06. The first kappa shape index (κ1) is 13.7. The van der Waals surface area contributed by atoms with Gasteiger partial charge in [-0.15, -0.1) is 0 Å². The summed E-state index contributed by atoms with van der Waals surface area (Å²) in [6.07, 6.45) is 0. The summed E-state index contributed by atoms with van der Waals surface area (Å²) < 4.78 is 5.01. The van der Waals surface area contributed by atoms with Crippen LogP contribution in [0.25, 0.3) is 0 Å². The first-order valence-electron chi connectivity index (χ1n) is 5.69. The molecule has 0 bridgehead atoms. The van der Waals surface area contributed by atoms with Gasteiger partial charge in [0.25, 0.3) is 0 Å². The highest BCUT2D eigenvalue weighted by atomic mass is 32.2. The fourth-order valence-electron chi connectivity index (χ4n) is 1.57. The number of nitrogens with zero attached hydrogens (tertiary/aromatic N) is 4. The van der Waals surface area contributed by atoms with Gasteiger partial charge in [-0.2, -0.15) is 0 Å². The van der Waals surface area contributed by atoms with Gasteiger partial charge in [-0.1, -0.05) is 0 Å². The van der Waals surface area contributed by atoms with E-state index in [9.17, 15) is 0 Å². The van der Waals surface area contributed by atoms with E-state index in [-0.39, 0.29) is 0 Å². The zero-order valence-corrected chi connectivity index (χ0v) is 11.9. The molecule has 0 atom stereocenters. The molecular formula is C12H15N5OS. The number of aryl methyl sites for hydroxylation is 2. The summed E-state index contributed by atoms with van der Waals surface area (Å²) in [5.74, 6) is 0.961. The molecule has 0 unspecified atom stereocenters. The van der Waals surface area contributed by atoms with Crippen LogP contribution in [0.2, 0.25) is 0 Å². The maximum Gasteiger partial charge on any atom is 0.194 e. The van der Waals surface area contributed by atoms with Crippen LogP contribution in [-0.2, 0) is 11.3 Å². The molecule has 0 aliphatic rings. The number of rotatable bonds is 4. The predicted octanol–water partition coefficient (Wildman–Crippen LogP) is 1.76. The zero-order valence-electron chi connectivity index (χ0n) is 11.0. The number of methoxy groups -OCH3 is 1. The minimum absolute atomic E-state index is 0.326. The Balaban J connectivity index is 2.27. The van der Waals surface area contributed by atoms with E-state index in [0.717, 1.165) is 11.4 Å². The second-order valence-corrected chi connectivity index (χ2v) is 5.00. The van der Waals surface area contributed by atoms with E-state index in [1.54, 1.807) is 13.2 Å². The van der Waals surface area contributed by atoms with Crippen molar-refractivity contribution < 1.29 is 4.74 Å². The summed E-state index contributed by atoms with van der Waals surface area (Å²) in [5, 5.41) is 1.36. The van der Waals surface area contributed by atoms with Gasteiger partial charge < -0.3 is 10.5 Å². The summed E-state index contributed by atoms with van der Waals surface area (Å²) in [6.45, 7) is 4.19. The summed E-state index contributed by atoms with van der Waals surface area (Å²) in [6, 6.07) is 3.62. The topological polar surface area (TPSA) is 86.8 Å². The van der Waals surface area contributed by atoms with E-state index in [0.29, 0.717) is 28.4 Å². The lowest BCUT2D eigenvalue weighted by molar-refractivity contribution is 0.177. The van der Waals surface area contributed by atoms with Crippen LogP contribution in [0.4, 0.5) is 5.82 Å². The van der Waals surface area contributed by atoms with Crippen LogP contribution in [0, 0.1) is 13.8 Å². The van der Waals surface area contributed by atoms with Gasteiger partial charge in [0, 0.05) is 24.6 Å². The van der Waals surface area contributed by atoms with Crippen molar-refractivity contribution in [3.8, 4) is 0 Å². The molecule has 100 valence electrons. The summed E-state index contributed by atoms with van der Waals surface area (Å²) in [5.41, 5.74) is 7.59. The van der Waals surface area contributed by atoms with Gasteiger partial charge in [-0.05, 0) is 31.7 Å². The molecule has 19 heavy (non-hydrogen) atoms. The molecule has 0 aromatic carbocycles. The summed E-state index contributed by atoms with van der Waals surface area (Å²) in [4.78, 5) is 17.1. The molecule has 2 aromatic rings. The average molecular weight is 277 g/mol. The van der Waals surface area contributed by atoms with Gasteiger partial charge >= 0.3 is 0 Å². The number of nitrogen functional groups attached to an aromatic ring is 1. The maximum atomic E-state index is 5.74. The highest BCUT2D eigenvalue weighted by Gasteiger charge is 2.07. The van der Waals surface area contributed by atoms with E-state index < -0.39 is 0 Å². The largest absolute Gasteiger partial charge is 0.384 e. The predicted molar refractivity (Wildman–Crippen MR) is 72.8 cm³/mol. The van der Waals surface area contributed by atoms with Crippen molar-refractivity contribution in [2.45, 2.75) is 30.6 Å². The molecule has 2 rings (SSSR count). The molecule has 0 amide bonds. The Hall–Kier alpha value is -1.73. The number of anilines is 1. The number of aromatic nitrogens is 4. The third-order valence-electron chi connectivity index (χ3n) is 2.20. The summed E-state index contributed by atoms with van der Waals surface area (Å²) in [7, 11) is 1.59. The Morgan fingerprint density at radius 2 is 1.79 bits per heavy atom. The normalized spacial score (nSPS) is 10.7. The molecule has 7 heteroatoms. The molecule has 2 heterocycles. The van der Waals surface area contributed by atoms with Crippen molar-refractivity contribution in [3.05, 3.63) is 29.3 Å². The smallest absolute Gasteiger partial charge is 0.194 e. The van der Waals surface area contributed by atoms with Gasteiger partial charge in [-0.25, -0.2) is 19.9 Å². The van der Waals surface area contributed by atoms with Crippen LogP contribution < -0.4 is 5.73 Å².